The maximum atomic E-state index is 10.9. The summed E-state index contributed by atoms with van der Waals surface area (Å²) in [6.07, 6.45) is 3.84. The monoisotopic (exact) mass is 250 g/mol. The van der Waals surface area contributed by atoms with Gasteiger partial charge in [0, 0.05) is 18.8 Å². The zero-order chi connectivity index (χ0) is 13.0. The smallest absolute Gasteiger partial charge is 0.311 e. The summed E-state index contributed by atoms with van der Waals surface area (Å²) < 4.78 is 0. The Morgan fingerprint density at radius 1 is 1.67 bits per heavy atom. The molecule has 18 heavy (non-hydrogen) atoms. The number of hydrogen-bond donors (Lipinski definition) is 2. The predicted molar refractivity (Wildman–Crippen MR) is 69.7 cm³/mol. The van der Waals surface area contributed by atoms with Crippen LogP contribution in [0.15, 0.2) is 12.3 Å². The lowest BCUT2D eigenvalue weighted by Crippen LogP contribution is -2.13. The Morgan fingerprint density at radius 3 is 3.17 bits per heavy atom. The Hall–Kier alpha value is -1.69. The van der Waals surface area contributed by atoms with E-state index in [9.17, 15) is 10.1 Å². The van der Waals surface area contributed by atoms with Gasteiger partial charge in [-0.15, -0.1) is 0 Å². The molecule has 1 saturated heterocycles. The number of nitrogens with zero attached hydrogens (tertiary/aromatic N) is 2. The molecule has 1 fully saturated rings. The molecule has 2 heterocycles. The number of aryl methyl sites for hydroxylation is 1. The largest absolute Gasteiger partial charge is 0.364 e. The second kappa shape index (κ2) is 5.77. The standard InChI is InChI=1S/C12H18N4O2/c1-9-6-11(16(17)18)12(15-7-9)14-5-3-10-2-4-13-8-10/h6-7,10,13H,2-5,8H2,1H3,(H,14,15). The summed E-state index contributed by atoms with van der Waals surface area (Å²) in [6.45, 7) is 4.65. The van der Waals surface area contributed by atoms with Crippen LogP contribution in [-0.4, -0.2) is 29.5 Å². The van der Waals surface area contributed by atoms with Gasteiger partial charge in [0.15, 0.2) is 0 Å². The third-order valence-electron chi connectivity index (χ3n) is 3.21. The number of aromatic nitrogens is 1. The predicted octanol–water partition coefficient (Wildman–Crippen LogP) is 1.71. The van der Waals surface area contributed by atoms with Gasteiger partial charge in [0.05, 0.1) is 4.92 Å². The first-order valence-electron chi connectivity index (χ1n) is 6.22. The Bertz CT molecular complexity index is 430. The number of nitro groups is 1. The first kappa shape index (κ1) is 12.8. The lowest BCUT2D eigenvalue weighted by atomic mass is 10.1. The van der Waals surface area contributed by atoms with E-state index in [-0.39, 0.29) is 10.6 Å². The molecule has 2 N–H and O–H groups in total. The molecule has 1 aromatic heterocycles. The average Bonchev–Trinajstić information content (AvgIpc) is 2.84. The Morgan fingerprint density at radius 2 is 2.50 bits per heavy atom. The van der Waals surface area contributed by atoms with Crippen molar-refractivity contribution in [3.63, 3.8) is 0 Å². The van der Waals surface area contributed by atoms with Crippen LogP contribution >= 0.6 is 0 Å². The summed E-state index contributed by atoms with van der Waals surface area (Å²) in [5.74, 6) is 1.04. The topological polar surface area (TPSA) is 80.1 Å². The van der Waals surface area contributed by atoms with Crippen LogP contribution in [0, 0.1) is 23.0 Å². The van der Waals surface area contributed by atoms with E-state index in [4.69, 9.17) is 0 Å². The molecule has 1 aliphatic rings. The van der Waals surface area contributed by atoms with Crippen molar-refractivity contribution in [1.29, 1.82) is 0 Å². The highest BCUT2D eigenvalue weighted by molar-refractivity contribution is 5.56. The first-order chi connectivity index (χ1) is 8.66. The number of pyridine rings is 1. The lowest BCUT2D eigenvalue weighted by molar-refractivity contribution is -0.384. The van der Waals surface area contributed by atoms with Crippen molar-refractivity contribution in [3.8, 4) is 0 Å². The Kier molecular flexibility index (Phi) is 4.09. The van der Waals surface area contributed by atoms with E-state index in [1.54, 1.807) is 19.2 Å². The SMILES string of the molecule is Cc1cnc(NCCC2CCNC2)c([N+](=O)[O-])c1. The molecule has 98 valence electrons. The number of anilines is 1. The van der Waals surface area contributed by atoms with Gasteiger partial charge >= 0.3 is 5.69 Å². The summed E-state index contributed by atoms with van der Waals surface area (Å²) in [5, 5.41) is 17.3. The molecule has 0 aliphatic carbocycles. The molecule has 0 radical (unpaired) electrons. The number of rotatable bonds is 5. The number of nitrogens with one attached hydrogen (secondary N) is 2. The zero-order valence-electron chi connectivity index (χ0n) is 10.5. The highest BCUT2D eigenvalue weighted by Gasteiger charge is 2.17. The van der Waals surface area contributed by atoms with Crippen LogP contribution in [0.2, 0.25) is 0 Å². The number of hydrogen-bond acceptors (Lipinski definition) is 5. The van der Waals surface area contributed by atoms with Crippen LogP contribution in [0.1, 0.15) is 18.4 Å². The fourth-order valence-corrected chi connectivity index (χ4v) is 2.18. The molecule has 1 aliphatic heterocycles. The van der Waals surface area contributed by atoms with Gasteiger partial charge in [-0.1, -0.05) is 0 Å². The average molecular weight is 250 g/mol. The second-order valence-electron chi connectivity index (χ2n) is 4.71. The molecular formula is C12H18N4O2. The molecular weight excluding hydrogens is 232 g/mol. The molecule has 0 amide bonds. The van der Waals surface area contributed by atoms with E-state index in [0.717, 1.165) is 31.6 Å². The molecule has 1 aromatic rings. The molecule has 6 nitrogen and oxygen atoms in total. The lowest BCUT2D eigenvalue weighted by Gasteiger charge is -2.10. The van der Waals surface area contributed by atoms with Gasteiger partial charge in [0.2, 0.25) is 5.82 Å². The minimum atomic E-state index is -0.389. The molecule has 2 rings (SSSR count). The third-order valence-corrected chi connectivity index (χ3v) is 3.21. The maximum absolute atomic E-state index is 10.9. The van der Waals surface area contributed by atoms with Gasteiger partial charge in [0.25, 0.3) is 0 Å². The van der Waals surface area contributed by atoms with Crippen LogP contribution in [0.25, 0.3) is 0 Å². The van der Waals surface area contributed by atoms with Gasteiger partial charge in [-0.25, -0.2) is 4.98 Å². The second-order valence-corrected chi connectivity index (χ2v) is 4.71. The van der Waals surface area contributed by atoms with Crippen LogP contribution < -0.4 is 10.6 Å². The van der Waals surface area contributed by atoms with E-state index in [2.05, 4.69) is 15.6 Å². The van der Waals surface area contributed by atoms with Crippen LogP contribution in [-0.2, 0) is 0 Å². The molecule has 0 saturated carbocycles. The van der Waals surface area contributed by atoms with Crippen LogP contribution in [0.5, 0.6) is 0 Å². The minimum absolute atomic E-state index is 0.0551. The fraction of sp³-hybridized carbons (Fsp3) is 0.583. The zero-order valence-corrected chi connectivity index (χ0v) is 10.5. The summed E-state index contributed by atoms with van der Waals surface area (Å²) >= 11 is 0. The third kappa shape index (κ3) is 3.16. The van der Waals surface area contributed by atoms with Crippen LogP contribution in [0.3, 0.4) is 0 Å². The molecule has 0 bridgehead atoms. The Labute approximate surface area is 106 Å². The van der Waals surface area contributed by atoms with Gasteiger partial charge < -0.3 is 10.6 Å². The molecule has 1 unspecified atom stereocenters. The van der Waals surface area contributed by atoms with Crippen molar-refractivity contribution in [2.24, 2.45) is 5.92 Å². The van der Waals surface area contributed by atoms with Crippen molar-refractivity contribution in [1.82, 2.24) is 10.3 Å². The quantitative estimate of drug-likeness (QED) is 0.614. The van der Waals surface area contributed by atoms with Crippen molar-refractivity contribution in [2.75, 3.05) is 25.0 Å². The van der Waals surface area contributed by atoms with Crippen LogP contribution in [0.4, 0.5) is 11.5 Å². The van der Waals surface area contributed by atoms with Gasteiger partial charge in [0.1, 0.15) is 0 Å². The highest BCUT2D eigenvalue weighted by atomic mass is 16.6. The normalized spacial score (nSPS) is 18.8. The van der Waals surface area contributed by atoms with Gasteiger partial charge in [-0.2, -0.15) is 0 Å². The van der Waals surface area contributed by atoms with E-state index in [0.29, 0.717) is 11.7 Å². The summed E-state index contributed by atoms with van der Waals surface area (Å²) in [7, 11) is 0. The Balaban J connectivity index is 1.93. The summed E-state index contributed by atoms with van der Waals surface area (Å²) in [5.41, 5.74) is 0.854. The van der Waals surface area contributed by atoms with E-state index in [1.165, 1.54) is 6.42 Å². The summed E-state index contributed by atoms with van der Waals surface area (Å²) in [6, 6.07) is 1.55. The van der Waals surface area contributed by atoms with Gasteiger partial charge in [-0.3, -0.25) is 10.1 Å². The van der Waals surface area contributed by atoms with Gasteiger partial charge in [-0.05, 0) is 44.3 Å². The van der Waals surface area contributed by atoms with Crippen molar-refractivity contribution in [2.45, 2.75) is 19.8 Å². The maximum Gasteiger partial charge on any atom is 0.311 e. The first-order valence-corrected chi connectivity index (χ1v) is 6.22. The van der Waals surface area contributed by atoms with Crippen molar-refractivity contribution >= 4 is 11.5 Å². The fourth-order valence-electron chi connectivity index (χ4n) is 2.18. The van der Waals surface area contributed by atoms with Crippen molar-refractivity contribution < 1.29 is 4.92 Å². The molecule has 6 heteroatoms. The molecule has 0 spiro atoms. The highest BCUT2D eigenvalue weighted by Crippen LogP contribution is 2.22. The molecule has 0 aromatic carbocycles. The van der Waals surface area contributed by atoms with Crippen molar-refractivity contribution in [3.05, 3.63) is 27.9 Å². The molecule has 1 atom stereocenters. The van der Waals surface area contributed by atoms with E-state index in [1.807, 2.05) is 0 Å². The summed E-state index contributed by atoms with van der Waals surface area (Å²) in [4.78, 5) is 14.6. The minimum Gasteiger partial charge on any atom is -0.364 e. The van der Waals surface area contributed by atoms with E-state index >= 15 is 0 Å². The van der Waals surface area contributed by atoms with E-state index < -0.39 is 0 Å².